The summed E-state index contributed by atoms with van der Waals surface area (Å²) in [5.74, 6) is -0.856. The number of nitriles is 1. The third-order valence-electron chi connectivity index (χ3n) is 4.83. The zero-order chi connectivity index (χ0) is 20.0. The molecule has 2 aromatic rings. The number of aliphatic hydroxyl groups excluding tert-OH is 1. The average Bonchev–Trinajstić information content (AvgIpc) is 3.14. The molecule has 2 aromatic heterocycles. The van der Waals surface area contributed by atoms with Gasteiger partial charge in [-0.2, -0.15) is 10.4 Å². The largest absolute Gasteiger partial charge is 0.456 e. The summed E-state index contributed by atoms with van der Waals surface area (Å²) in [6.07, 6.45) is -1.16. The number of hydrogen-bond donors (Lipinski definition) is 3. The third-order valence-corrected chi connectivity index (χ3v) is 4.83. The molecule has 0 aliphatic carbocycles. The van der Waals surface area contributed by atoms with Crippen LogP contribution < -0.4 is 5.73 Å². The standard InChI is InChI=1S/C17H21N5O5/c1-9(2)15(24)26-13-11(6-23)27-17(7-18,16(13,3)25)12-5-4-10-14(19)20-8-21-22(10)12/h4-5,8-9,11,13,23,25H,6H2,1-3H3,(H2,19,20,21)/t11-,13-,16-,17+/m1/s1. The molecule has 0 aromatic carbocycles. The fraction of sp³-hybridized carbons (Fsp3) is 0.529. The molecule has 0 saturated carbocycles. The first-order valence-corrected chi connectivity index (χ1v) is 8.41. The Morgan fingerprint density at radius 3 is 2.85 bits per heavy atom. The van der Waals surface area contributed by atoms with Crippen molar-refractivity contribution < 1.29 is 24.5 Å². The number of carbonyl (C=O) groups excluding carboxylic acids is 1. The lowest BCUT2D eigenvalue weighted by Gasteiger charge is -2.34. The summed E-state index contributed by atoms with van der Waals surface area (Å²) in [6, 6.07) is 5.10. The molecule has 1 saturated heterocycles. The van der Waals surface area contributed by atoms with Crippen molar-refractivity contribution in [2.75, 3.05) is 12.3 Å². The van der Waals surface area contributed by atoms with Crippen LogP contribution in [0.2, 0.25) is 0 Å². The number of aliphatic hydroxyl groups is 2. The van der Waals surface area contributed by atoms with Gasteiger partial charge in [0.25, 0.3) is 0 Å². The van der Waals surface area contributed by atoms with E-state index in [4.69, 9.17) is 15.2 Å². The van der Waals surface area contributed by atoms with E-state index >= 15 is 0 Å². The van der Waals surface area contributed by atoms with Crippen LogP contribution in [0.4, 0.5) is 5.82 Å². The van der Waals surface area contributed by atoms with Gasteiger partial charge in [0.2, 0.25) is 5.60 Å². The van der Waals surface area contributed by atoms with Crippen LogP contribution in [0, 0.1) is 17.2 Å². The molecule has 4 atom stereocenters. The van der Waals surface area contributed by atoms with Gasteiger partial charge in [0.05, 0.1) is 18.2 Å². The van der Waals surface area contributed by atoms with Gasteiger partial charge in [-0.05, 0) is 19.1 Å². The summed E-state index contributed by atoms with van der Waals surface area (Å²) in [7, 11) is 0. The number of esters is 1. The van der Waals surface area contributed by atoms with E-state index in [2.05, 4.69) is 10.1 Å². The molecule has 0 spiro atoms. The van der Waals surface area contributed by atoms with Crippen molar-refractivity contribution in [1.29, 1.82) is 5.26 Å². The van der Waals surface area contributed by atoms with Gasteiger partial charge >= 0.3 is 5.97 Å². The smallest absolute Gasteiger partial charge is 0.308 e. The Kier molecular flexibility index (Phi) is 4.55. The molecule has 4 N–H and O–H groups in total. The second-order valence-electron chi connectivity index (χ2n) is 6.95. The zero-order valence-corrected chi connectivity index (χ0v) is 15.2. The molecule has 0 bridgehead atoms. The Bertz CT molecular complexity index is 918. The predicted octanol–water partition coefficient (Wildman–Crippen LogP) is -0.260. The summed E-state index contributed by atoms with van der Waals surface area (Å²) in [5.41, 5.74) is 2.49. The summed E-state index contributed by atoms with van der Waals surface area (Å²) in [6.45, 7) is 4.04. The molecule has 1 aliphatic rings. The van der Waals surface area contributed by atoms with E-state index in [1.165, 1.54) is 23.8 Å². The van der Waals surface area contributed by atoms with Crippen molar-refractivity contribution in [1.82, 2.24) is 14.6 Å². The normalized spacial score (nSPS) is 30.6. The van der Waals surface area contributed by atoms with E-state index in [-0.39, 0.29) is 11.5 Å². The van der Waals surface area contributed by atoms with E-state index in [0.717, 1.165) is 0 Å². The van der Waals surface area contributed by atoms with E-state index in [0.29, 0.717) is 5.52 Å². The number of carbonyl (C=O) groups is 1. The van der Waals surface area contributed by atoms with Crippen molar-refractivity contribution in [2.45, 2.75) is 44.2 Å². The summed E-state index contributed by atoms with van der Waals surface area (Å²) < 4.78 is 12.5. The molecule has 1 fully saturated rings. The van der Waals surface area contributed by atoms with Crippen LogP contribution in [0.15, 0.2) is 18.5 Å². The lowest BCUT2D eigenvalue weighted by atomic mass is 9.80. The molecule has 27 heavy (non-hydrogen) atoms. The molecule has 0 amide bonds. The molecule has 10 heteroatoms. The second-order valence-corrected chi connectivity index (χ2v) is 6.95. The Balaban J connectivity index is 2.15. The Labute approximate surface area is 155 Å². The number of hydrogen-bond acceptors (Lipinski definition) is 9. The highest BCUT2D eigenvalue weighted by molar-refractivity contribution is 5.72. The van der Waals surface area contributed by atoms with Gasteiger partial charge in [0, 0.05) is 0 Å². The maximum Gasteiger partial charge on any atom is 0.308 e. The van der Waals surface area contributed by atoms with Crippen LogP contribution in [0.5, 0.6) is 0 Å². The molecule has 0 unspecified atom stereocenters. The van der Waals surface area contributed by atoms with Gasteiger partial charge in [0.15, 0.2) is 11.9 Å². The first kappa shape index (κ1) is 19.0. The molecule has 1 aliphatic heterocycles. The molecule has 144 valence electrons. The van der Waals surface area contributed by atoms with Crippen LogP contribution in [-0.4, -0.2) is 55.2 Å². The van der Waals surface area contributed by atoms with Gasteiger partial charge in [0.1, 0.15) is 29.6 Å². The van der Waals surface area contributed by atoms with Crippen LogP contribution in [0.1, 0.15) is 26.5 Å². The van der Waals surface area contributed by atoms with E-state index in [1.807, 2.05) is 6.07 Å². The third kappa shape index (κ3) is 2.63. The van der Waals surface area contributed by atoms with Crippen LogP contribution in [-0.2, 0) is 19.9 Å². The van der Waals surface area contributed by atoms with E-state index in [9.17, 15) is 20.3 Å². The van der Waals surface area contributed by atoms with E-state index < -0.39 is 41.9 Å². The minimum atomic E-state index is -1.98. The second kappa shape index (κ2) is 6.45. The minimum Gasteiger partial charge on any atom is -0.456 e. The van der Waals surface area contributed by atoms with Gasteiger partial charge < -0.3 is 25.4 Å². The van der Waals surface area contributed by atoms with E-state index in [1.54, 1.807) is 19.9 Å². The van der Waals surface area contributed by atoms with Gasteiger partial charge in [-0.15, -0.1) is 0 Å². The number of ether oxygens (including phenoxy) is 2. The molecule has 3 rings (SSSR count). The van der Waals surface area contributed by atoms with Crippen molar-refractivity contribution in [2.24, 2.45) is 5.92 Å². The maximum atomic E-state index is 12.1. The monoisotopic (exact) mass is 375 g/mol. The van der Waals surface area contributed by atoms with Gasteiger partial charge in [-0.3, -0.25) is 4.79 Å². The van der Waals surface area contributed by atoms with Crippen LogP contribution >= 0.6 is 0 Å². The number of nitrogens with zero attached hydrogens (tertiary/aromatic N) is 4. The average molecular weight is 375 g/mol. The SMILES string of the molecule is CC(C)C(=O)O[C@@H]1[C@@H](CO)O[C@@](C#N)(c2ccc3c(N)ncnn23)[C@]1(C)O. The minimum absolute atomic E-state index is 0.181. The Morgan fingerprint density at radius 1 is 1.56 bits per heavy atom. The quantitative estimate of drug-likeness (QED) is 0.613. The molecular weight excluding hydrogens is 354 g/mol. The molecule has 0 radical (unpaired) electrons. The number of fused-ring (bicyclic) bond motifs is 1. The number of nitrogens with two attached hydrogens (primary N) is 1. The highest BCUT2D eigenvalue weighted by Crippen LogP contribution is 2.48. The van der Waals surface area contributed by atoms with Crippen molar-refractivity contribution in [3.63, 3.8) is 0 Å². The van der Waals surface area contributed by atoms with Crippen molar-refractivity contribution in [3.8, 4) is 6.07 Å². The lowest BCUT2D eigenvalue weighted by Crippen LogP contribution is -2.54. The van der Waals surface area contributed by atoms with Crippen molar-refractivity contribution >= 4 is 17.3 Å². The number of rotatable bonds is 4. The zero-order valence-electron chi connectivity index (χ0n) is 15.2. The highest BCUT2D eigenvalue weighted by atomic mass is 16.6. The predicted molar refractivity (Wildman–Crippen MR) is 92.0 cm³/mol. The Hall–Kier alpha value is -2.74. The van der Waals surface area contributed by atoms with Crippen molar-refractivity contribution in [3.05, 3.63) is 24.2 Å². The summed E-state index contributed by atoms with van der Waals surface area (Å²) in [4.78, 5) is 16.0. The van der Waals surface area contributed by atoms with Crippen LogP contribution in [0.25, 0.3) is 5.52 Å². The fourth-order valence-corrected chi connectivity index (χ4v) is 3.29. The highest BCUT2D eigenvalue weighted by Gasteiger charge is 2.67. The molecular formula is C17H21N5O5. The number of aromatic nitrogens is 3. The lowest BCUT2D eigenvalue weighted by molar-refractivity contribution is -0.168. The molecule has 3 heterocycles. The van der Waals surface area contributed by atoms with Crippen LogP contribution in [0.3, 0.4) is 0 Å². The Morgan fingerprint density at radius 2 is 2.26 bits per heavy atom. The maximum absolute atomic E-state index is 12.1. The number of anilines is 1. The first-order valence-electron chi connectivity index (χ1n) is 8.41. The molecule has 10 nitrogen and oxygen atoms in total. The van der Waals surface area contributed by atoms with Gasteiger partial charge in [-0.1, -0.05) is 13.8 Å². The fourth-order valence-electron chi connectivity index (χ4n) is 3.29. The number of nitrogen functional groups attached to an aromatic ring is 1. The first-order chi connectivity index (χ1) is 12.7. The summed E-state index contributed by atoms with van der Waals surface area (Å²) in [5, 5.41) is 35.1. The summed E-state index contributed by atoms with van der Waals surface area (Å²) >= 11 is 0. The topological polar surface area (TPSA) is 156 Å². The van der Waals surface area contributed by atoms with Gasteiger partial charge in [-0.25, -0.2) is 9.50 Å².